The van der Waals surface area contributed by atoms with Crippen molar-refractivity contribution in [3.63, 3.8) is 0 Å². The molecule has 0 fully saturated rings. The lowest BCUT2D eigenvalue weighted by Gasteiger charge is -1.92. The van der Waals surface area contributed by atoms with Gasteiger partial charge in [0.15, 0.2) is 5.65 Å². The third kappa shape index (κ3) is 1.48. The highest BCUT2D eigenvalue weighted by Crippen LogP contribution is 2.18. The second-order valence-electron chi connectivity index (χ2n) is 2.72. The van der Waals surface area contributed by atoms with Crippen molar-refractivity contribution >= 4 is 27.5 Å². The summed E-state index contributed by atoms with van der Waals surface area (Å²) in [5.74, 6) is -0.901. The van der Waals surface area contributed by atoms with Crippen LogP contribution in [0, 0.1) is 0 Å². The number of aromatic nitrogens is 3. The molecule has 0 radical (unpaired) electrons. The number of fused-ring (bicyclic) bond motifs is 1. The van der Waals surface area contributed by atoms with Crippen LogP contribution in [0.15, 0.2) is 23.2 Å². The molecule has 14 heavy (non-hydrogen) atoms. The summed E-state index contributed by atoms with van der Waals surface area (Å²) in [5, 5.41) is 8.63. The molecule has 0 aliphatic rings. The molecule has 0 aliphatic heterocycles. The van der Waals surface area contributed by atoms with E-state index in [0.29, 0.717) is 15.9 Å². The Morgan fingerprint density at radius 1 is 1.64 bits per heavy atom. The highest BCUT2D eigenvalue weighted by molar-refractivity contribution is 9.10. The SMILES string of the molecule is O=C(O)Cc1nc2cnccn2c1Br. The predicted molar refractivity (Wildman–Crippen MR) is 52.0 cm³/mol. The molecule has 0 atom stereocenters. The van der Waals surface area contributed by atoms with Gasteiger partial charge in [0, 0.05) is 12.4 Å². The minimum absolute atomic E-state index is 0.0950. The molecule has 0 unspecified atom stereocenters. The van der Waals surface area contributed by atoms with Crippen molar-refractivity contribution in [2.75, 3.05) is 0 Å². The van der Waals surface area contributed by atoms with E-state index >= 15 is 0 Å². The molecule has 2 heterocycles. The molecule has 0 bridgehead atoms. The zero-order chi connectivity index (χ0) is 10.1. The maximum atomic E-state index is 10.5. The molecule has 0 spiro atoms. The summed E-state index contributed by atoms with van der Waals surface area (Å²) in [6.45, 7) is 0. The number of aliphatic carboxylic acids is 1. The first-order valence-corrected chi connectivity index (χ1v) is 4.66. The molecule has 2 rings (SSSR count). The zero-order valence-electron chi connectivity index (χ0n) is 7.01. The van der Waals surface area contributed by atoms with Crippen LogP contribution in [0.4, 0.5) is 0 Å². The van der Waals surface area contributed by atoms with Crippen molar-refractivity contribution in [3.05, 3.63) is 28.9 Å². The second kappa shape index (κ2) is 3.38. The number of hydrogen-bond acceptors (Lipinski definition) is 3. The molecule has 0 aliphatic carbocycles. The standard InChI is InChI=1S/C8H6BrN3O2/c9-8-5(3-7(13)14)11-6-4-10-1-2-12(6)8/h1-2,4H,3H2,(H,13,14). The molecule has 6 heteroatoms. The van der Waals surface area contributed by atoms with Crippen LogP contribution in [0.5, 0.6) is 0 Å². The Kier molecular flexibility index (Phi) is 2.20. The minimum Gasteiger partial charge on any atom is -0.481 e. The van der Waals surface area contributed by atoms with E-state index in [0.717, 1.165) is 0 Å². The van der Waals surface area contributed by atoms with Gasteiger partial charge in [-0.1, -0.05) is 0 Å². The fourth-order valence-corrected chi connectivity index (χ4v) is 1.71. The number of imidazole rings is 1. The summed E-state index contributed by atoms with van der Waals surface area (Å²) in [6, 6.07) is 0. The van der Waals surface area contributed by atoms with Crippen molar-refractivity contribution in [1.29, 1.82) is 0 Å². The molecule has 0 saturated heterocycles. The maximum absolute atomic E-state index is 10.5. The summed E-state index contributed by atoms with van der Waals surface area (Å²) in [4.78, 5) is 18.5. The third-order valence-corrected chi connectivity index (χ3v) is 2.60. The van der Waals surface area contributed by atoms with Crippen LogP contribution in [0.1, 0.15) is 5.69 Å². The number of rotatable bonds is 2. The average molecular weight is 256 g/mol. The Morgan fingerprint density at radius 2 is 2.43 bits per heavy atom. The highest BCUT2D eigenvalue weighted by Gasteiger charge is 2.11. The van der Waals surface area contributed by atoms with Gasteiger partial charge in [0.1, 0.15) is 4.60 Å². The van der Waals surface area contributed by atoms with E-state index in [1.807, 2.05) is 0 Å². The van der Waals surface area contributed by atoms with Crippen molar-refractivity contribution < 1.29 is 9.90 Å². The van der Waals surface area contributed by atoms with Gasteiger partial charge >= 0.3 is 5.97 Å². The van der Waals surface area contributed by atoms with Crippen molar-refractivity contribution in [1.82, 2.24) is 14.4 Å². The Morgan fingerprint density at radius 3 is 3.07 bits per heavy atom. The number of carbonyl (C=O) groups is 1. The van der Waals surface area contributed by atoms with Gasteiger partial charge in [0.25, 0.3) is 0 Å². The summed E-state index contributed by atoms with van der Waals surface area (Å²) in [7, 11) is 0. The van der Waals surface area contributed by atoms with Crippen LogP contribution in [-0.4, -0.2) is 25.4 Å². The third-order valence-electron chi connectivity index (χ3n) is 1.76. The summed E-state index contributed by atoms with van der Waals surface area (Å²) in [6.07, 6.45) is 4.82. The molecule has 2 aromatic heterocycles. The fraction of sp³-hybridized carbons (Fsp3) is 0.125. The number of hydrogen-bond donors (Lipinski definition) is 1. The number of carboxylic acids is 1. The van der Waals surface area contributed by atoms with Gasteiger partial charge < -0.3 is 5.11 Å². The average Bonchev–Trinajstić information content (AvgIpc) is 2.44. The van der Waals surface area contributed by atoms with E-state index < -0.39 is 5.97 Å². The second-order valence-corrected chi connectivity index (χ2v) is 3.48. The fourth-order valence-electron chi connectivity index (χ4n) is 1.18. The van der Waals surface area contributed by atoms with Crippen LogP contribution in [0.3, 0.4) is 0 Å². The van der Waals surface area contributed by atoms with E-state index in [1.165, 1.54) is 0 Å². The van der Waals surface area contributed by atoms with Crippen LogP contribution in [-0.2, 0) is 11.2 Å². The van der Waals surface area contributed by atoms with Gasteiger partial charge in [-0.3, -0.25) is 14.2 Å². The van der Waals surface area contributed by atoms with Gasteiger partial charge in [0.2, 0.25) is 0 Å². The van der Waals surface area contributed by atoms with Crippen LogP contribution >= 0.6 is 15.9 Å². The van der Waals surface area contributed by atoms with Crippen LogP contribution in [0.2, 0.25) is 0 Å². The lowest BCUT2D eigenvalue weighted by atomic mass is 10.3. The molecule has 5 nitrogen and oxygen atoms in total. The van der Waals surface area contributed by atoms with Gasteiger partial charge in [0.05, 0.1) is 18.3 Å². The van der Waals surface area contributed by atoms with Crippen molar-refractivity contribution in [2.24, 2.45) is 0 Å². The van der Waals surface area contributed by atoms with E-state index in [9.17, 15) is 4.79 Å². The number of nitrogens with zero attached hydrogens (tertiary/aromatic N) is 3. The van der Waals surface area contributed by atoms with E-state index in [1.54, 1.807) is 23.0 Å². The number of carboxylic acid groups (broad SMARTS) is 1. The molecule has 2 aromatic rings. The molecular weight excluding hydrogens is 250 g/mol. The monoisotopic (exact) mass is 255 g/mol. The van der Waals surface area contributed by atoms with Gasteiger partial charge in [-0.15, -0.1) is 0 Å². The Hall–Kier alpha value is -1.43. The molecule has 0 amide bonds. The Bertz CT molecular complexity index is 494. The van der Waals surface area contributed by atoms with E-state index in [4.69, 9.17) is 5.11 Å². The topological polar surface area (TPSA) is 67.5 Å². The van der Waals surface area contributed by atoms with E-state index in [-0.39, 0.29) is 6.42 Å². The van der Waals surface area contributed by atoms with Gasteiger partial charge in [-0.25, -0.2) is 4.98 Å². The normalized spacial score (nSPS) is 10.6. The first-order chi connectivity index (χ1) is 6.68. The molecule has 0 saturated carbocycles. The molecule has 72 valence electrons. The predicted octanol–water partition coefficient (Wildman–Crippen LogP) is 1.12. The van der Waals surface area contributed by atoms with Crippen LogP contribution < -0.4 is 0 Å². The lowest BCUT2D eigenvalue weighted by Crippen LogP contribution is -2.00. The zero-order valence-corrected chi connectivity index (χ0v) is 8.60. The summed E-state index contributed by atoms with van der Waals surface area (Å²) in [5.41, 5.74) is 1.14. The van der Waals surface area contributed by atoms with Crippen molar-refractivity contribution in [3.8, 4) is 0 Å². The largest absolute Gasteiger partial charge is 0.481 e. The minimum atomic E-state index is -0.901. The maximum Gasteiger partial charge on any atom is 0.309 e. The number of halogens is 1. The summed E-state index contributed by atoms with van der Waals surface area (Å²) >= 11 is 3.29. The van der Waals surface area contributed by atoms with Crippen LogP contribution in [0.25, 0.3) is 5.65 Å². The first kappa shape index (κ1) is 9.14. The molecular formula is C8H6BrN3O2. The van der Waals surface area contributed by atoms with Gasteiger partial charge in [-0.05, 0) is 15.9 Å². The quantitative estimate of drug-likeness (QED) is 0.874. The molecule has 1 N–H and O–H groups in total. The van der Waals surface area contributed by atoms with Gasteiger partial charge in [-0.2, -0.15) is 0 Å². The molecule has 0 aromatic carbocycles. The Balaban J connectivity index is 2.57. The Labute approximate surface area is 87.5 Å². The summed E-state index contributed by atoms with van der Waals surface area (Å²) < 4.78 is 2.41. The highest BCUT2D eigenvalue weighted by atomic mass is 79.9. The van der Waals surface area contributed by atoms with Crippen molar-refractivity contribution in [2.45, 2.75) is 6.42 Å². The smallest absolute Gasteiger partial charge is 0.309 e. The lowest BCUT2D eigenvalue weighted by molar-refractivity contribution is -0.136. The first-order valence-electron chi connectivity index (χ1n) is 3.86. The van der Waals surface area contributed by atoms with E-state index in [2.05, 4.69) is 25.9 Å².